The SMILES string of the molecule is CCCNc1cc(C(=O)NCc2cn[nH]c2C)cc(Cl)n1. The fourth-order valence-corrected chi connectivity index (χ4v) is 2.01. The van der Waals surface area contributed by atoms with E-state index in [0.717, 1.165) is 24.2 Å². The molecule has 2 aromatic heterocycles. The van der Waals surface area contributed by atoms with Gasteiger partial charge in [0, 0.05) is 29.9 Å². The molecular formula is C14H18ClN5O. The second kappa shape index (κ2) is 7.08. The molecule has 0 aromatic carbocycles. The molecule has 2 heterocycles. The number of pyridine rings is 1. The van der Waals surface area contributed by atoms with Crippen molar-refractivity contribution in [1.29, 1.82) is 0 Å². The van der Waals surface area contributed by atoms with Gasteiger partial charge < -0.3 is 10.6 Å². The fourth-order valence-electron chi connectivity index (χ4n) is 1.80. The highest BCUT2D eigenvalue weighted by Gasteiger charge is 2.10. The van der Waals surface area contributed by atoms with Gasteiger partial charge in [-0.2, -0.15) is 5.10 Å². The van der Waals surface area contributed by atoms with Crippen LogP contribution in [0.15, 0.2) is 18.3 Å². The molecule has 0 spiro atoms. The van der Waals surface area contributed by atoms with Crippen LogP contribution in [-0.2, 0) is 6.54 Å². The minimum Gasteiger partial charge on any atom is -0.370 e. The number of carbonyl (C=O) groups excluding carboxylic acids is 1. The molecule has 0 atom stereocenters. The van der Waals surface area contributed by atoms with Crippen LogP contribution < -0.4 is 10.6 Å². The lowest BCUT2D eigenvalue weighted by atomic mass is 10.2. The quantitative estimate of drug-likeness (QED) is 0.716. The van der Waals surface area contributed by atoms with Gasteiger partial charge in [-0.1, -0.05) is 18.5 Å². The molecule has 21 heavy (non-hydrogen) atoms. The Balaban J connectivity index is 2.04. The summed E-state index contributed by atoms with van der Waals surface area (Å²) in [6.07, 6.45) is 2.67. The molecule has 2 aromatic rings. The lowest BCUT2D eigenvalue weighted by Crippen LogP contribution is -2.23. The molecule has 112 valence electrons. The van der Waals surface area contributed by atoms with Crippen molar-refractivity contribution >= 4 is 23.3 Å². The molecular weight excluding hydrogens is 290 g/mol. The second-order valence-electron chi connectivity index (χ2n) is 4.69. The number of halogens is 1. The van der Waals surface area contributed by atoms with Crippen molar-refractivity contribution in [3.8, 4) is 0 Å². The van der Waals surface area contributed by atoms with Gasteiger partial charge in [-0.25, -0.2) is 4.98 Å². The maximum atomic E-state index is 12.2. The lowest BCUT2D eigenvalue weighted by Gasteiger charge is -2.08. The van der Waals surface area contributed by atoms with Crippen LogP contribution in [0.4, 0.5) is 5.82 Å². The van der Waals surface area contributed by atoms with Gasteiger partial charge >= 0.3 is 0 Å². The van der Waals surface area contributed by atoms with E-state index >= 15 is 0 Å². The summed E-state index contributed by atoms with van der Waals surface area (Å²) in [7, 11) is 0. The highest BCUT2D eigenvalue weighted by atomic mass is 35.5. The summed E-state index contributed by atoms with van der Waals surface area (Å²) in [5, 5.41) is 13.0. The first-order valence-corrected chi connectivity index (χ1v) is 7.16. The zero-order valence-electron chi connectivity index (χ0n) is 12.0. The number of amides is 1. The highest BCUT2D eigenvalue weighted by Crippen LogP contribution is 2.15. The molecule has 0 bridgehead atoms. The van der Waals surface area contributed by atoms with Crippen molar-refractivity contribution < 1.29 is 4.79 Å². The van der Waals surface area contributed by atoms with Crippen LogP contribution in [0.5, 0.6) is 0 Å². The number of rotatable bonds is 6. The average Bonchev–Trinajstić information content (AvgIpc) is 2.87. The predicted molar refractivity (Wildman–Crippen MR) is 82.5 cm³/mol. The van der Waals surface area contributed by atoms with E-state index in [9.17, 15) is 4.79 Å². The number of aromatic amines is 1. The third-order valence-electron chi connectivity index (χ3n) is 2.99. The Bertz CT molecular complexity index is 626. The predicted octanol–water partition coefficient (Wildman–Crippen LogP) is 2.52. The van der Waals surface area contributed by atoms with Crippen molar-refractivity contribution in [2.75, 3.05) is 11.9 Å². The third kappa shape index (κ3) is 4.19. The molecule has 0 unspecified atom stereocenters. The van der Waals surface area contributed by atoms with E-state index < -0.39 is 0 Å². The number of carbonyl (C=O) groups is 1. The average molecular weight is 308 g/mol. The summed E-state index contributed by atoms with van der Waals surface area (Å²) in [6.45, 7) is 5.16. The lowest BCUT2D eigenvalue weighted by molar-refractivity contribution is 0.0951. The summed E-state index contributed by atoms with van der Waals surface area (Å²) in [4.78, 5) is 16.3. The molecule has 3 N–H and O–H groups in total. The second-order valence-corrected chi connectivity index (χ2v) is 5.08. The summed E-state index contributed by atoms with van der Waals surface area (Å²) in [6, 6.07) is 3.25. The summed E-state index contributed by atoms with van der Waals surface area (Å²) in [5.74, 6) is 0.411. The van der Waals surface area contributed by atoms with Gasteiger partial charge in [-0.05, 0) is 25.5 Å². The first kappa shape index (κ1) is 15.3. The first-order valence-electron chi connectivity index (χ1n) is 6.78. The smallest absolute Gasteiger partial charge is 0.251 e. The van der Waals surface area contributed by atoms with Crippen LogP contribution >= 0.6 is 11.6 Å². The van der Waals surface area contributed by atoms with E-state index in [4.69, 9.17) is 11.6 Å². The third-order valence-corrected chi connectivity index (χ3v) is 3.18. The molecule has 1 amide bonds. The minimum absolute atomic E-state index is 0.195. The van der Waals surface area contributed by atoms with Gasteiger partial charge in [-0.3, -0.25) is 9.89 Å². The van der Waals surface area contributed by atoms with E-state index in [1.165, 1.54) is 0 Å². The number of anilines is 1. The summed E-state index contributed by atoms with van der Waals surface area (Å²) >= 11 is 5.95. The van der Waals surface area contributed by atoms with Crippen LogP contribution in [0, 0.1) is 6.92 Å². The Hall–Kier alpha value is -2.08. The maximum absolute atomic E-state index is 12.2. The molecule has 0 aliphatic heterocycles. The number of hydrogen-bond donors (Lipinski definition) is 3. The van der Waals surface area contributed by atoms with E-state index in [2.05, 4.69) is 32.7 Å². The van der Waals surface area contributed by atoms with Crippen molar-refractivity contribution in [2.45, 2.75) is 26.8 Å². The van der Waals surface area contributed by atoms with Crippen LogP contribution in [0.1, 0.15) is 35.0 Å². The molecule has 0 aliphatic rings. The fraction of sp³-hybridized carbons (Fsp3) is 0.357. The first-order chi connectivity index (χ1) is 10.1. The van der Waals surface area contributed by atoms with E-state index in [1.54, 1.807) is 18.3 Å². The van der Waals surface area contributed by atoms with Gasteiger partial charge in [0.2, 0.25) is 0 Å². The van der Waals surface area contributed by atoms with Crippen LogP contribution in [-0.4, -0.2) is 27.6 Å². The Morgan fingerprint density at radius 2 is 2.24 bits per heavy atom. The number of nitrogens with zero attached hydrogens (tertiary/aromatic N) is 2. The molecule has 0 saturated heterocycles. The monoisotopic (exact) mass is 307 g/mol. The van der Waals surface area contributed by atoms with Crippen LogP contribution in [0.25, 0.3) is 0 Å². The Morgan fingerprint density at radius 1 is 1.43 bits per heavy atom. The largest absolute Gasteiger partial charge is 0.370 e. The summed E-state index contributed by atoms with van der Waals surface area (Å²) in [5.41, 5.74) is 2.37. The number of nitrogens with one attached hydrogen (secondary N) is 3. The van der Waals surface area contributed by atoms with Gasteiger partial charge in [0.25, 0.3) is 5.91 Å². The topological polar surface area (TPSA) is 82.7 Å². The number of hydrogen-bond acceptors (Lipinski definition) is 4. The molecule has 2 rings (SSSR count). The van der Waals surface area contributed by atoms with E-state index in [1.807, 2.05) is 6.92 Å². The van der Waals surface area contributed by atoms with Gasteiger partial charge in [-0.15, -0.1) is 0 Å². The maximum Gasteiger partial charge on any atom is 0.251 e. The minimum atomic E-state index is -0.195. The highest BCUT2D eigenvalue weighted by molar-refractivity contribution is 6.29. The Morgan fingerprint density at radius 3 is 2.90 bits per heavy atom. The number of H-pyrrole nitrogens is 1. The molecule has 0 radical (unpaired) electrons. The Labute approximate surface area is 128 Å². The van der Waals surface area contributed by atoms with Crippen LogP contribution in [0.3, 0.4) is 0 Å². The van der Waals surface area contributed by atoms with Crippen molar-refractivity contribution in [3.05, 3.63) is 40.3 Å². The molecule has 0 fully saturated rings. The van der Waals surface area contributed by atoms with Crippen LogP contribution in [0.2, 0.25) is 5.15 Å². The molecule has 0 saturated carbocycles. The number of aromatic nitrogens is 3. The molecule has 6 nitrogen and oxygen atoms in total. The van der Waals surface area contributed by atoms with Crippen molar-refractivity contribution in [1.82, 2.24) is 20.5 Å². The zero-order chi connectivity index (χ0) is 15.2. The van der Waals surface area contributed by atoms with E-state index in [0.29, 0.717) is 23.1 Å². The normalized spacial score (nSPS) is 10.4. The van der Waals surface area contributed by atoms with E-state index in [-0.39, 0.29) is 5.91 Å². The van der Waals surface area contributed by atoms with Gasteiger partial charge in [0.1, 0.15) is 11.0 Å². The van der Waals surface area contributed by atoms with Crippen molar-refractivity contribution in [2.24, 2.45) is 0 Å². The zero-order valence-corrected chi connectivity index (χ0v) is 12.8. The summed E-state index contributed by atoms with van der Waals surface area (Å²) < 4.78 is 0. The van der Waals surface area contributed by atoms with Gasteiger partial charge in [0.05, 0.1) is 6.20 Å². The standard InChI is InChI=1S/C14H18ClN5O/c1-3-4-16-13-6-10(5-12(15)19-13)14(21)17-7-11-8-18-20-9(11)2/h5-6,8H,3-4,7H2,1-2H3,(H,16,19)(H,17,21)(H,18,20). The number of aryl methyl sites for hydroxylation is 1. The van der Waals surface area contributed by atoms with Gasteiger partial charge in [0.15, 0.2) is 0 Å². The molecule has 0 aliphatic carbocycles. The molecule has 7 heteroatoms. The van der Waals surface area contributed by atoms with Crippen molar-refractivity contribution in [3.63, 3.8) is 0 Å². The Kier molecular flexibility index (Phi) is 5.16.